The molecule has 0 radical (unpaired) electrons. The fourth-order valence-electron chi connectivity index (χ4n) is 5.98. The van der Waals surface area contributed by atoms with Crippen LogP contribution in [0, 0.1) is 6.92 Å². The molecule has 45 heavy (non-hydrogen) atoms. The van der Waals surface area contributed by atoms with E-state index in [1.54, 1.807) is 37.4 Å². The van der Waals surface area contributed by atoms with Gasteiger partial charge in [0.25, 0.3) is 11.5 Å². The monoisotopic (exact) mass is 632 g/mol. The lowest BCUT2D eigenvalue weighted by Gasteiger charge is -2.28. The molecule has 13 heteroatoms. The van der Waals surface area contributed by atoms with Gasteiger partial charge in [0.1, 0.15) is 17.3 Å². The van der Waals surface area contributed by atoms with Gasteiger partial charge in [-0.25, -0.2) is 17.4 Å². The number of aromatic amines is 1. The molecule has 6 rings (SSSR count). The van der Waals surface area contributed by atoms with Gasteiger partial charge in [0.05, 0.1) is 46.6 Å². The molecule has 2 fully saturated rings. The van der Waals surface area contributed by atoms with Gasteiger partial charge in [-0.15, -0.1) is 6.58 Å². The van der Waals surface area contributed by atoms with Crippen molar-refractivity contribution in [2.75, 3.05) is 38.2 Å². The zero-order valence-corrected chi connectivity index (χ0v) is 26.0. The molecule has 0 spiro atoms. The Labute approximate surface area is 260 Å². The first-order valence-electron chi connectivity index (χ1n) is 14.8. The molecule has 236 valence electrons. The molecule has 1 amide bonds. The number of nitrogens with zero attached hydrogens (tertiary/aromatic N) is 3. The smallest absolute Gasteiger partial charge is 0.256 e. The van der Waals surface area contributed by atoms with Gasteiger partial charge < -0.3 is 30.4 Å². The van der Waals surface area contributed by atoms with E-state index in [0.29, 0.717) is 35.4 Å². The van der Waals surface area contributed by atoms with Crippen molar-refractivity contribution in [2.24, 2.45) is 0 Å². The van der Waals surface area contributed by atoms with Gasteiger partial charge >= 0.3 is 0 Å². The molecule has 4 aromatic rings. The summed E-state index contributed by atoms with van der Waals surface area (Å²) >= 11 is 0. The minimum atomic E-state index is -3.97. The summed E-state index contributed by atoms with van der Waals surface area (Å²) in [7, 11) is -2.53. The van der Waals surface area contributed by atoms with E-state index >= 15 is 0 Å². The second-order valence-electron chi connectivity index (χ2n) is 11.6. The van der Waals surface area contributed by atoms with Gasteiger partial charge in [-0.1, -0.05) is 6.08 Å². The van der Waals surface area contributed by atoms with E-state index in [0.717, 1.165) is 42.2 Å². The minimum absolute atomic E-state index is 0.0520. The predicted molar refractivity (Wildman–Crippen MR) is 173 cm³/mol. The second-order valence-corrected chi connectivity index (χ2v) is 13.8. The van der Waals surface area contributed by atoms with Crippen molar-refractivity contribution in [3.8, 4) is 22.6 Å². The maximum atomic E-state index is 14.0. The van der Waals surface area contributed by atoms with Crippen LogP contribution in [0.25, 0.3) is 22.0 Å². The van der Waals surface area contributed by atoms with Crippen LogP contribution in [0.3, 0.4) is 0 Å². The van der Waals surface area contributed by atoms with Crippen LogP contribution in [0.5, 0.6) is 11.5 Å². The van der Waals surface area contributed by atoms with Crippen molar-refractivity contribution in [1.82, 2.24) is 24.6 Å². The Balaban J connectivity index is 1.45. The number of fused-ring (bicyclic) bond motifs is 1. The largest absolute Gasteiger partial charge is 0.506 e. The predicted octanol–water partition coefficient (Wildman–Crippen LogP) is 3.04. The molecule has 1 saturated carbocycles. The summed E-state index contributed by atoms with van der Waals surface area (Å²) in [6.45, 7) is 8.68. The quantitative estimate of drug-likeness (QED) is 0.193. The fourth-order valence-corrected chi connectivity index (χ4v) is 7.98. The molecule has 12 nitrogen and oxygen atoms in total. The number of rotatable bonds is 10. The number of allylic oxidation sites excluding steroid dienone is 1. The summed E-state index contributed by atoms with van der Waals surface area (Å²) in [6.07, 6.45) is 5.65. The second kappa shape index (κ2) is 11.7. The molecule has 3 aromatic heterocycles. The Morgan fingerprint density at radius 2 is 1.96 bits per heavy atom. The highest BCUT2D eigenvalue weighted by Gasteiger charge is 2.54. The molecule has 1 aliphatic heterocycles. The number of carbonyl (C=O) groups excluding carboxylic acids is 1. The number of H-pyrrole nitrogens is 1. The summed E-state index contributed by atoms with van der Waals surface area (Å²) in [6, 6.07) is 8.70. The van der Waals surface area contributed by atoms with Gasteiger partial charge in [-0.3, -0.25) is 9.59 Å². The van der Waals surface area contributed by atoms with Crippen LogP contribution in [-0.2, 0) is 16.6 Å². The molecule has 4 N–H and O–H groups in total. The number of carbonyl (C=O) groups is 1. The topological polar surface area (TPSA) is 159 Å². The van der Waals surface area contributed by atoms with E-state index in [1.165, 1.54) is 7.11 Å². The number of amides is 1. The first-order chi connectivity index (χ1) is 21.6. The van der Waals surface area contributed by atoms with E-state index in [-0.39, 0.29) is 40.7 Å². The van der Waals surface area contributed by atoms with Crippen molar-refractivity contribution in [3.05, 3.63) is 82.6 Å². The van der Waals surface area contributed by atoms with Crippen LogP contribution in [-0.4, -0.2) is 71.4 Å². The van der Waals surface area contributed by atoms with E-state index in [2.05, 4.69) is 32.1 Å². The number of ether oxygens (including phenoxy) is 1. The molecular formula is C32H36N6O6S. The number of benzene rings is 1. The number of methoxy groups -OCH3 is 1. The van der Waals surface area contributed by atoms with E-state index < -0.39 is 26.2 Å². The number of pyridine rings is 2. The number of hydrogen-bond donors (Lipinski definition) is 4. The van der Waals surface area contributed by atoms with Gasteiger partial charge in [-0.2, -0.15) is 0 Å². The number of anilines is 1. The molecular weight excluding hydrogens is 596 g/mol. The first-order valence-corrected chi connectivity index (χ1v) is 16.2. The third-order valence-corrected chi connectivity index (χ3v) is 11.1. The highest BCUT2D eigenvalue weighted by Crippen LogP contribution is 2.49. The van der Waals surface area contributed by atoms with Crippen LogP contribution >= 0.6 is 0 Å². The number of piperazine rings is 1. The third kappa shape index (κ3) is 5.46. The Kier molecular flexibility index (Phi) is 7.91. The maximum Gasteiger partial charge on any atom is 0.256 e. The average Bonchev–Trinajstić information content (AvgIpc) is 3.76. The molecule has 0 atom stereocenters. The zero-order chi connectivity index (χ0) is 31.9. The lowest BCUT2D eigenvalue weighted by atomic mass is 10.00. The molecule has 0 unspecified atom stereocenters. The lowest BCUT2D eigenvalue weighted by Crippen LogP contribution is -2.43. The number of aromatic nitrogens is 3. The number of hydrogen-bond acceptors (Lipinski definition) is 9. The molecule has 2 aliphatic rings. The van der Waals surface area contributed by atoms with E-state index in [9.17, 15) is 23.1 Å². The Morgan fingerprint density at radius 1 is 1.20 bits per heavy atom. The van der Waals surface area contributed by atoms with Crippen molar-refractivity contribution in [2.45, 2.75) is 37.5 Å². The van der Waals surface area contributed by atoms with Gasteiger partial charge in [0, 0.05) is 43.6 Å². The van der Waals surface area contributed by atoms with Crippen molar-refractivity contribution in [1.29, 1.82) is 0 Å². The summed E-state index contributed by atoms with van der Waals surface area (Å²) in [5.41, 5.74) is 1.85. The van der Waals surface area contributed by atoms with E-state index in [4.69, 9.17) is 4.74 Å². The lowest BCUT2D eigenvalue weighted by molar-refractivity contribution is 0.0952. The van der Waals surface area contributed by atoms with Crippen LogP contribution in [0.15, 0.2) is 60.2 Å². The van der Waals surface area contributed by atoms with Gasteiger partial charge in [0.2, 0.25) is 10.0 Å². The van der Waals surface area contributed by atoms with E-state index in [1.807, 2.05) is 12.1 Å². The molecule has 4 heterocycles. The number of aryl methyl sites for hydroxylation is 1. The summed E-state index contributed by atoms with van der Waals surface area (Å²) in [5, 5.41) is 17.3. The fraction of sp³-hybridized carbons (Fsp3) is 0.344. The Morgan fingerprint density at radius 3 is 2.60 bits per heavy atom. The Hall–Kier alpha value is -4.62. The minimum Gasteiger partial charge on any atom is -0.506 e. The highest BCUT2D eigenvalue weighted by molar-refractivity contribution is 7.91. The Bertz CT molecular complexity index is 1950. The van der Waals surface area contributed by atoms with Crippen LogP contribution in [0.4, 0.5) is 5.82 Å². The summed E-state index contributed by atoms with van der Waals surface area (Å²) < 4.78 is 33.4. The SMILES string of the molecule is C=CCC1(S(=O)(=O)n2cc(O)c3c(C(=O)NCc4c(OC)cc(C)[nH]c4=O)cc(-c4ccc(N5CCNCC5)nc4)cc32)CC1. The molecule has 1 saturated heterocycles. The maximum absolute atomic E-state index is 14.0. The number of nitrogens with one attached hydrogen (secondary N) is 3. The van der Waals surface area contributed by atoms with Crippen molar-refractivity contribution < 1.29 is 23.1 Å². The molecule has 1 aromatic carbocycles. The zero-order valence-electron chi connectivity index (χ0n) is 25.2. The van der Waals surface area contributed by atoms with Crippen LogP contribution in [0.1, 0.15) is 40.9 Å². The van der Waals surface area contributed by atoms with Crippen molar-refractivity contribution in [3.63, 3.8) is 0 Å². The van der Waals surface area contributed by atoms with Crippen molar-refractivity contribution >= 4 is 32.7 Å². The normalized spacial score (nSPS) is 16.0. The van der Waals surface area contributed by atoms with Crippen LogP contribution in [0.2, 0.25) is 0 Å². The average molecular weight is 633 g/mol. The van der Waals surface area contributed by atoms with Gasteiger partial charge in [-0.05, 0) is 62.1 Å². The third-order valence-electron chi connectivity index (χ3n) is 8.62. The summed E-state index contributed by atoms with van der Waals surface area (Å²) in [5.74, 6) is 0.188. The standard InChI is InChI=1S/C32H36N6O6S/c1-4-7-32(8-9-32)45(42,43)38-19-26(39)29-23(30(40)35-18-24-27(44-3)14-20(2)36-31(24)41)15-22(16-25(29)38)21-5-6-28(34-17-21)37-12-10-33-11-13-37/h4-6,14-17,19,33,39H,1,7-13,18H2,2-3H3,(H,35,40)(H,36,41). The molecule has 0 bridgehead atoms. The molecule has 1 aliphatic carbocycles. The first kappa shape index (κ1) is 30.4. The van der Waals surface area contributed by atoms with Crippen LogP contribution < -0.4 is 25.8 Å². The summed E-state index contributed by atoms with van der Waals surface area (Å²) in [4.78, 5) is 36.0. The highest BCUT2D eigenvalue weighted by atomic mass is 32.2. The number of aromatic hydroxyl groups is 1. The van der Waals surface area contributed by atoms with Gasteiger partial charge in [0.15, 0.2) is 0 Å².